The van der Waals surface area contributed by atoms with Gasteiger partial charge in [0.15, 0.2) is 0 Å². The van der Waals surface area contributed by atoms with Crippen molar-refractivity contribution in [2.45, 2.75) is 77.6 Å². The van der Waals surface area contributed by atoms with Gasteiger partial charge in [-0.3, -0.25) is 0 Å². The highest BCUT2D eigenvalue weighted by Crippen LogP contribution is 2.34. The van der Waals surface area contributed by atoms with Crippen LogP contribution in [-0.4, -0.2) is 0 Å². The number of rotatable bonds is 9. The predicted octanol–water partition coefficient (Wildman–Crippen LogP) is 5.71. The minimum Gasteiger partial charge on any atom is -0.0613 e. The normalized spacial score (nSPS) is 18.4. The van der Waals surface area contributed by atoms with Gasteiger partial charge in [-0.15, -0.1) is 0 Å². The Bertz CT molecular complexity index is 387. The van der Waals surface area contributed by atoms with Crippen LogP contribution in [0, 0.1) is 11.8 Å². The van der Waals surface area contributed by atoms with Crippen LogP contribution in [0.4, 0.5) is 0 Å². The second kappa shape index (κ2) is 6.78. The minimum absolute atomic E-state index is 1.09. The van der Waals surface area contributed by atoms with Crippen molar-refractivity contribution in [2.75, 3.05) is 0 Å². The van der Waals surface area contributed by atoms with Crippen LogP contribution in [0.25, 0.3) is 0 Å². The van der Waals surface area contributed by atoms with Gasteiger partial charge in [0.05, 0.1) is 0 Å². The van der Waals surface area contributed by atoms with Gasteiger partial charge in [0, 0.05) is 0 Å². The van der Waals surface area contributed by atoms with Crippen molar-refractivity contribution in [1.82, 2.24) is 0 Å². The molecule has 0 radical (unpaired) electrons. The summed E-state index contributed by atoms with van der Waals surface area (Å²) >= 11 is 0. The van der Waals surface area contributed by atoms with Crippen LogP contribution in [0.5, 0.6) is 0 Å². The molecule has 0 heteroatoms. The lowest BCUT2D eigenvalue weighted by molar-refractivity contribution is 0.659. The summed E-state index contributed by atoms with van der Waals surface area (Å²) < 4.78 is 0. The van der Waals surface area contributed by atoms with Gasteiger partial charge in [-0.05, 0) is 60.6 Å². The average molecular weight is 270 g/mol. The van der Waals surface area contributed by atoms with Gasteiger partial charge in [-0.1, -0.05) is 63.6 Å². The van der Waals surface area contributed by atoms with E-state index in [0.29, 0.717) is 0 Å². The Kier molecular flexibility index (Phi) is 4.81. The van der Waals surface area contributed by atoms with Gasteiger partial charge in [-0.25, -0.2) is 0 Å². The van der Waals surface area contributed by atoms with Gasteiger partial charge in [0.25, 0.3) is 0 Å². The largest absolute Gasteiger partial charge is 0.0613 e. The molecular formula is C20H30. The molecule has 0 unspecified atom stereocenters. The van der Waals surface area contributed by atoms with E-state index in [2.05, 4.69) is 25.1 Å². The quantitative estimate of drug-likeness (QED) is 0.539. The van der Waals surface area contributed by atoms with Crippen molar-refractivity contribution in [3.8, 4) is 0 Å². The molecule has 2 aliphatic rings. The topological polar surface area (TPSA) is 0 Å². The fourth-order valence-electron chi connectivity index (χ4n) is 3.33. The van der Waals surface area contributed by atoms with Crippen molar-refractivity contribution in [3.05, 3.63) is 34.9 Å². The maximum Gasteiger partial charge on any atom is -0.0279 e. The van der Waals surface area contributed by atoms with Gasteiger partial charge >= 0.3 is 0 Å². The van der Waals surface area contributed by atoms with Crippen LogP contribution >= 0.6 is 0 Å². The Morgan fingerprint density at radius 3 is 1.60 bits per heavy atom. The molecule has 0 bridgehead atoms. The summed E-state index contributed by atoms with van der Waals surface area (Å²) in [6.45, 7) is 2.29. The lowest BCUT2D eigenvalue weighted by Gasteiger charge is -2.09. The molecule has 20 heavy (non-hydrogen) atoms. The van der Waals surface area contributed by atoms with Gasteiger partial charge in [0.1, 0.15) is 0 Å². The third-order valence-corrected chi connectivity index (χ3v) is 5.07. The van der Waals surface area contributed by atoms with E-state index in [1.807, 2.05) is 0 Å². The van der Waals surface area contributed by atoms with E-state index < -0.39 is 0 Å². The molecule has 0 aromatic heterocycles. The van der Waals surface area contributed by atoms with Crippen molar-refractivity contribution >= 4 is 0 Å². The lowest BCUT2D eigenvalue weighted by atomic mass is 9.97. The first-order valence-electron chi connectivity index (χ1n) is 8.95. The Labute approximate surface area is 125 Å². The first-order chi connectivity index (χ1) is 9.83. The lowest BCUT2D eigenvalue weighted by Crippen LogP contribution is -1.95. The van der Waals surface area contributed by atoms with E-state index in [0.717, 1.165) is 11.8 Å². The molecule has 110 valence electrons. The molecule has 2 saturated carbocycles. The van der Waals surface area contributed by atoms with Gasteiger partial charge in [0.2, 0.25) is 0 Å². The third-order valence-electron chi connectivity index (χ3n) is 5.07. The molecule has 0 amide bonds. The maximum absolute atomic E-state index is 2.50. The van der Waals surface area contributed by atoms with Crippen molar-refractivity contribution < 1.29 is 0 Å². The fourth-order valence-corrected chi connectivity index (χ4v) is 3.33. The summed E-state index contributed by atoms with van der Waals surface area (Å²) in [6.07, 6.45) is 15.5. The van der Waals surface area contributed by atoms with Crippen molar-refractivity contribution in [2.24, 2.45) is 11.8 Å². The van der Waals surface area contributed by atoms with Crippen molar-refractivity contribution in [3.63, 3.8) is 0 Å². The van der Waals surface area contributed by atoms with Gasteiger partial charge in [-0.2, -0.15) is 0 Å². The van der Waals surface area contributed by atoms with Crippen LogP contribution in [0.3, 0.4) is 0 Å². The molecule has 2 aliphatic carbocycles. The Morgan fingerprint density at radius 1 is 0.750 bits per heavy atom. The summed E-state index contributed by atoms with van der Waals surface area (Å²) in [5.41, 5.74) is 4.76. The molecule has 0 nitrogen and oxygen atoms in total. The van der Waals surface area contributed by atoms with E-state index in [1.54, 1.807) is 16.7 Å². The minimum atomic E-state index is 1.09. The highest BCUT2D eigenvalue weighted by Gasteiger charge is 2.21. The summed E-state index contributed by atoms with van der Waals surface area (Å²) in [4.78, 5) is 0. The predicted molar refractivity (Wildman–Crippen MR) is 87.1 cm³/mol. The molecule has 0 N–H and O–H groups in total. The standard InChI is InChI=1S/C20H30/c1-2-16-13-19(7-3-5-17-9-10-17)15-20(14-16)8-4-6-18-11-12-18/h13-15,17-18H,2-12H2,1H3. The number of hydrogen-bond donors (Lipinski definition) is 0. The summed E-state index contributed by atoms with van der Waals surface area (Å²) in [6, 6.07) is 7.41. The highest BCUT2D eigenvalue weighted by molar-refractivity contribution is 5.30. The van der Waals surface area contributed by atoms with Gasteiger partial charge < -0.3 is 0 Å². The van der Waals surface area contributed by atoms with E-state index in [9.17, 15) is 0 Å². The molecule has 0 spiro atoms. The number of aryl methyl sites for hydroxylation is 3. The molecule has 1 aromatic carbocycles. The average Bonchev–Trinajstić information content (AvgIpc) is 3.33. The molecule has 3 rings (SSSR count). The zero-order valence-electron chi connectivity index (χ0n) is 13.2. The molecule has 0 heterocycles. The maximum atomic E-state index is 2.50. The summed E-state index contributed by atoms with van der Waals surface area (Å²) in [7, 11) is 0. The summed E-state index contributed by atoms with van der Waals surface area (Å²) in [5.74, 6) is 2.17. The molecular weight excluding hydrogens is 240 g/mol. The first kappa shape index (κ1) is 14.2. The number of benzene rings is 1. The van der Waals surface area contributed by atoms with E-state index in [1.165, 1.54) is 70.6 Å². The Morgan fingerprint density at radius 2 is 1.20 bits per heavy atom. The second-order valence-electron chi connectivity index (χ2n) is 7.18. The van der Waals surface area contributed by atoms with Crippen LogP contribution in [0.15, 0.2) is 18.2 Å². The highest BCUT2D eigenvalue weighted by atomic mass is 14.3. The van der Waals surface area contributed by atoms with Crippen LogP contribution in [-0.2, 0) is 19.3 Å². The SMILES string of the molecule is CCc1cc(CCCC2CC2)cc(CCCC2CC2)c1. The molecule has 0 saturated heterocycles. The zero-order valence-corrected chi connectivity index (χ0v) is 13.2. The van der Waals surface area contributed by atoms with E-state index in [4.69, 9.17) is 0 Å². The van der Waals surface area contributed by atoms with Crippen LogP contribution in [0.1, 0.15) is 75.0 Å². The van der Waals surface area contributed by atoms with E-state index >= 15 is 0 Å². The fraction of sp³-hybridized carbons (Fsp3) is 0.700. The van der Waals surface area contributed by atoms with Crippen LogP contribution in [0.2, 0.25) is 0 Å². The summed E-state index contributed by atoms with van der Waals surface area (Å²) in [5, 5.41) is 0. The molecule has 1 aromatic rings. The monoisotopic (exact) mass is 270 g/mol. The first-order valence-corrected chi connectivity index (χ1v) is 8.95. The van der Waals surface area contributed by atoms with Crippen molar-refractivity contribution in [1.29, 1.82) is 0 Å². The van der Waals surface area contributed by atoms with E-state index in [-0.39, 0.29) is 0 Å². The third kappa shape index (κ3) is 4.65. The second-order valence-corrected chi connectivity index (χ2v) is 7.18. The smallest absolute Gasteiger partial charge is 0.0279 e. The van der Waals surface area contributed by atoms with Crippen LogP contribution < -0.4 is 0 Å². The molecule has 2 fully saturated rings. The Hall–Kier alpha value is -0.780. The zero-order chi connectivity index (χ0) is 13.8. The molecule has 0 atom stereocenters. The molecule has 0 aliphatic heterocycles. The Balaban J connectivity index is 1.52. The number of hydrogen-bond acceptors (Lipinski definition) is 0.